The zero-order valence-electron chi connectivity index (χ0n) is 6.21. The van der Waals surface area contributed by atoms with E-state index < -0.39 is 5.97 Å². The van der Waals surface area contributed by atoms with Crippen LogP contribution in [0, 0.1) is 0 Å². The van der Waals surface area contributed by atoms with Gasteiger partial charge < -0.3 is 5.11 Å². The molecule has 0 spiro atoms. The van der Waals surface area contributed by atoms with Gasteiger partial charge in [0, 0.05) is 0 Å². The van der Waals surface area contributed by atoms with Crippen molar-refractivity contribution in [3.63, 3.8) is 0 Å². The molecule has 1 saturated carbocycles. The van der Waals surface area contributed by atoms with E-state index in [1.54, 1.807) is 6.07 Å². The second-order valence-corrected chi connectivity index (χ2v) is 4.57. The maximum atomic E-state index is 10.6. The monoisotopic (exact) mass is 202 g/mol. The molecular formula is C8H7ClO2S. The molecule has 0 unspecified atom stereocenters. The Bertz CT molecular complexity index is 328. The molecule has 1 heterocycles. The number of halogens is 1. The second-order valence-electron chi connectivity index (χ2n) is 2.92. The average molecular weight is 203 g/mol. The molecule has 1 aliphatic carbocycles. The van der Waals surface area contributed by atoms with E-state index >= 15 is 0 Å². The molecule has 1 aromatic heterocycles. The summed E-state index contributed by atoms with van der Waals surface area (Å²) in [4.78, 5) is 10.9. The molecule has 0 amide bonds. The van der Waals surface area contributed by atoms with Crippen molar-refractivity contribution in [1.82, 2.24) is 0 Å². The Kier molecular flexibility index (Phi) is 1.85. The summed E-state index contributed by atoms with van der Waals surface area (Å²) < 4.78 is 0.648. The van der Waals surface area contributed by atoms with E-state index in [2.05, 4.69) is 0 Å². The van der Waals surface area contributed by atoms with Crippen LogP contribution in [-0.4, -0.2) is 11.1 Å². The van der Waals surface area contributed by atoms with Gasteiger partial charge in [-0.05, 0) is 30.4 Å². The molecule has 12 heavy (non-hydrogen) atoms. The third-order valence-corrected chi connectivity index (χ3v) is 3.32. The first-order valence-corrected chi connectivity index (χ1v) is 4.90. The Morgan fingerprint density at radius 1 is 1.67 bits per heavy atom. The predicted octanol–water partition coefficient (Wildman–Crippen LogP) is 2.98. The van der Waals surface area contributed by atoms with Crippen molar-refractivity contribution in [1.29, 1.82) is 0 Å². The van der Waals surface area contributed by atoms with E-state index in [1.165, 1.54) is 0 Å². The third kappa shape index (κ3) is 1.34. The standard InChI is InChI=1S/C8H7ClO2S/c9-7-5(4-1-2-4)3-6(12-7)8(10)11/h3-4H,1-2H2,(H,10,11). The fourth-order valence-corrected chi connectivity index (χ4v) is 2.43. The Morgan fingerprint density at radius 2 is 2.33 bits per heavy atom. The highest BCUT2D eigenvalue weighted by Crippen LogP contribution is 2.46. The highest BCUT2D eigenvalue weighted by Gasteiger charge is 2.28. The first-order chi connectivity index (χ1) is 5.68. The number of carboxylic acids is 1. The molecule has 0 aromatic carbocycles. The normalized spacial score (nSPS) is 16.4. The van der Waals surface area contributed by atoms with Gasteiger partial charge in [-0.2, -0.15) is 0 Å². The number of rotatable bonds is 2. The lowest BCUT2D eigenvalue weighted by Gasteiger charge is -1.88. The number of thiophene rings is 1. The van der Waals surface area contributed by atoms with Crippen molar-refractivity contribution in [3.8, 4) is 0 Å². The van der Waals surface area contributed by atoms with Gasteiger partial charge in [-0.15, -0.1) is 11.3 Å². The van der Waals surface area contributed by atoms with E-state index in [9.17, 15) is 4.79 Å². The highest BCUT2D eigenvalue weighted by molar-refractivity contribution is 7.18. The summed E-state index contributed by atoms with van der Waals surface area (Å²) in [5.74, 6) is -0.351. The van der Waals surface area contributed by atoms with Crippen LogP contribution in [0.3, 0.4) is 0 Å². The van der Waals surface area contributed by atoms with Gasteiger partial charge in [0.25, 0.3) is 0 Å². The van der Waals surface area contributed by atoms with E-state index in [0.717, 1.165) is 29.7 Å². The van der Waals surface area contributed by atoms with Gasteiger partial charge in [-0.3, -0.25) is 0 Å². The zero-order chi connectivity index (χ0) is 8.72. The maximum absolute atomic E-state index is 10.6. The summed E-state index contributed by atoms with van der Waals surface area (Å²) in [6.45, 7) is 0. The first-order valence-electron chi connectivity index (χ1n) is 3.71. The molecule has 4 heteroatoms. The first kappa shape index (κ1) is 8.08. The zero-order valence-corrected chi connectivity index (χ0v) is 7.78. The smallest absolute Gasteiger partial charge is 0.345 e. The molecule has 0 bridgehead atoms. The molecule has 1 fully saturated rings. The van der Waals surface area contributed by atoms with Gasteiger partial charge in [0.05, 0.1) is 4.34 Å². The van der Waals surface area contributed by atoms with Crippen molar-refractivity contribution in [3.05, 3.63) is 20.8 Å². The molecular weight excluding hydrogens is 196 g/mol. The van der Waals surface area contributed by atoms with Crippen LogP contribution < -0.4 is 0 Å². The van der Waals surface area contributed by atoms with E-state index in [0.29, 0.717) is 15.1 Å². The van der Waals surface area contributed by atoms with Crippen molar-refractivity contribution in [2.75, 3.05) is 0 Å². The fraction of sp³-hybridized carbons (Fsp3) is 0.375. The lowest BCUT2D eigenvalue weighted by molar-refractivity contribution is 0.0702. The van der Waals surface area contributed by atoms with Crippen LogP contribution in [0.15, 0.2) is 6.07 Å². The SMILES string of the molecule is O=C(O)c1cc(C2CC2)c(Cl)s1. The molecule has 0 saturated heterocycles. The minimum absolute atomic E-state index is 0.349. The Morgan fingerprint density at radius 3 is 2.75 bits per heavy atom. The predicted molar refractivity (Wildman–Crippen MR) is 48.3 cm³/mol. The van der Waals surface area contributed by atoms with Crippen molar-refractivity contribution in [2.24, 2.45) is 0 Å². The molecule has 0 atom stereocenters. The van der Waals surface area contributed by atoms with Crippen LogP contribution in [-0.2, 0) is 0 Å². The highest BCUT2D eigenvalue weighted by atomic mass is 35.5. The number of carboxylic acid groups (broad SMARTS) is 1. The van der Waals surface area contributed by atoms with Gasteiger partial charge in [-0.1, -0.05) is 11.6 Å². The van der Waals surface area contributed by atoms with Crippen LogP contribution in [0.5, 0.6) is 0 Å². The van der Waals surface area contributed by atoms with Gasteiger partial charge in [0.15, 0.2) is 0 Å². The minimum Gasteiger partial charge on any atom is -0.477 e. The summed E-state index contributed by atoms with van der Waals surface area (Å²) in [6.07, 6.45) is 2.30. The number of hydrogen-bond donors (Lipinski definition) is 1. The van der Waals surface area contributed by atoms with E-state index in [4.69, 9.17) is 16.7 Å². The number of hydrogen-bond acceptors (Lipinski definition) is 2. The molecule has 2 rings (SSSR count). The molecule has 0 radical (unpaired) electrons. The van der Waals surface area contributed by atoms with Crippen LogP contribution in [0.4, 0.5) is 0 Å². The second kappa shape index (κ2) is 2.75. The molecule has 64 valence electrons. The van der Waals surface area contributed by atoms with Crippen molar-refractivity contribution >= 4 is 28.9 Å². The van der Waals surface area contributed by atoms with Crippen LogP contribution in [0.25, 0.3) is 0 Å². The summed E-state index contributed by atoms with van der Waals surface area (Å²) in [7, 11) is 0. The number of carbonyl (C=O) groups is 1. The van der Waals surface area contributed by atoms with E-state index in [-0.39, 0.29) is 0 Å². The third-order valence-electron chi connectivity index (χ3n) is 1.94. The molecule has 1 aromatic rings. The van der Waals surface area contributed by atoms with Gasteiger partial charge in [-0.25, -0.2) is 4.79 Å². The number of aromatic carboxylic acids is 1. The lowest BCUT2D eigenvalue weighted by atomic mass is 10.2. The molecule has 2 nitrogen and oxygen atoms in total. The Balaban J connectivity index is 2.36. The maximum Gasteiger partial charge on any atom is 0.345 e. The van der Waals surface area contributed by atoms with Crippen molar-refractivity contribution < 1.29 is 9.90 Å². The van der Waals surface area contributed by atoms with E-state index in [1.807, 2.05) is 0 Å². The van der Waals surface area contributed by atoms with Crippen LogP contribution in [0.2, 0.25) is 4.34 Å². The van der Waals surface area contributed by atoms with Gasteiger partial charge in [0.1, 0.15) is 4.88 Å². The summed E-state index contributed by atoms with van der Waals surface area (Å²) >= 11 is 7.04. The average Bonchev–Trinajstić information content (AvgIpc) is 2.75. The largest absolute Gasteiger partial charge is 0.477 e. The van der Waals surface area contributed by atoms with Gasteiger partial charge >= 0.3 is 5.97 Å². The van der Waals surface area contributed by atoms with Crippen LogP contribution >= 0.6 is 22.9 Å². The summed E-state index contributed by atoms with van der Waals surface area (Å²) in [5, 5.41) is 8.68. The fourth-order valence-electron chi connectivity index (χ4n) is 1.16. The summed E-state index contributed by atoms with van der Waals surface area (Å²) in [5.41, 5.74) is 1.03. The van der Waals surface area contributed by atoms with Gasteiger partial charge in [0.2, 0.25) is 0 Å². The van der Waals surface area contributed by atoms with Crippen molar-refractivity contribution in [2.45, 2.75) is 18.8 Å². The topological polar surface area (TPSA) is 37.3 Å². The Hall–Kier alpha value is -0.540. The van der Waals surface area contributed by atoms with Crippen LogP contribution in [0.1, 0.15) is 34.0 Å². The summed E-state index contributed by atoms with van der Waals surface area (Å²) in [6, 6.07) is 1.70. The molecule has 0 aliphatic heterocycles. The molecule has 1 aliphatic rings. The molecule has 1 N–H and O–H groups in total. The minimum atomic E-state index is -0.881. The quantitative estimate of drug-likeness (QED) is 0.801. The lowest BCUT2D eigenvalue weighted by Crippen LogP contribution is -1.90. The Labute approximate surface area is 78.8 Å².